The topological polar surface area (TPSA) is 49.4 Å². The van der Waals surface area contributed by atoms with Crippen molar-refractivity contribution < 1.29 is 9.59 Å². The molecule has 1 rings (SSSR count). The fourth-order valence-electron chi connectivity index (χ4n) is 2.22. The first-order chi connectivity index (χ1) is 10.1. The summed E-state index contributed by atoms with van der Waals surface area (Å²) < 4.78 is 0. The van der Waals surface area contributed by atoms with E-state index in [1.165, 1.54) is 0 Å². The molecule has 0 saturated carbocycles. The highest BCUT2D eigenvalue weighted by molar-refractivity contribution is 5.94. The van der Waals surface area contributed by atoms with Crippen molar-refractivity contribution >= 4 is 17.4 Å². The van der Waals surface area contributed by atoms with E-state index >= 15 is 0 Å². The minimum atomic E-state index is 0.0480. The number of nitrogens with one attached hydrogen (secondary N) is 1. The van der Waals surface area contributed by atoms with E-state index in [-0.39, 0.29) is 11.7 Å². The Bertz CT molecular complexity index is 466. The number of rotatable bonds is 9. The molecule has 0 heterocycles. The predicted molar refractivity (Wildman–Crippen MR) is 86.7 cm³/mol. The van der Waals surface area contributed by atoms with Gasteiger partial charge in [-0.15, -0.1) is 0 Å². The number of hydrogen-bond donors (Lipinski definition) is 1. The Kier molecular flexibility index (Phi) is 7.51. The number of nitrogens with zero attached hydrogens (tertiary/aromatic N) is 1. The molecule has 1 N–H and O–H groups in total. The molecule has 4 heteroatoms. The third-order valence-corrected chi connectivity index (χ3v) is 3.28. The number of carbonyl (C=O) groups is 2. The van der Waals surface area contributed by atoms with Gasteiger partial charge >= 0.3 is 0 Å². The van der Waals surface area contributed by atoms with Crippen molar-refractivity contribution in [1.82, 2.24) is 4.90 Å². The van der Waals surface area contributed by atoms with Crippen molar-refractivity contribution in [2.75, 3.05) is 25.0 Å². The van der Waals surface area contributed by atoms with Crippen LogP contribution in [-0.4, -0.2) is 36.2 Å². The summed E-state index contributed by atoms with van der Waals surface area (Å²) in [6, 6.07) is 7.37. The highest BCUT2D eigenvalue weighted by atomic mass is 16.2. The van der Waals surface area contributed by atoms with Gasteiger partial charge in [-0.2, -0.15) is 0 Å². The molecule has 0 fully saturated rings. The van der Waals surface area contributed by atoms with E-state index in [1.807, 2.05) is 23.1 Å². The largest absolute Gasteiger partial charge is 0.385 e. The van der Waals surface area contributed by atoms with E-state index < -0.39 is 0 Å². The summed E-state index contributed by atoms with van der Waals surface area (Å²) in [6.45, 7) is 7.96. The molecule has 0 radical (unpaired) electrons. The van der Waals surface area contributed by atoms with Crippen LogP contribution in [0.2, 0.25) is 0 Å². The zero-order chi connectivity index (χ0) is 15.7. The fourth-order valence-corrected chi connectivity index (χ4v) is 2.22. The molecule has 0 unspecified atom stereocenters. The maximum absolute atomic E-state index is 12.1. The van der Waals surface area contributed by atoms with Crippen LogP contribution < -0.4 is 5.32 Å². The van der Waals surface area contributed by atoms with Crippen LogP contribution in [0.4, 0.5) is 5.69 Å². The first-order valence-corrected chi connectivity index (χ1v) is 7.71. The Labute approximate surface area is 127 Å². The molecule has 0 aliphatic heterocycles. The zero-order valence-electron chi connectivity index (χ0n) is 13.3. The summed E-state index contributed by atoms with van der Waals surface area (Å²) >= 11 is 0. The number of ketones is 1. The van der Waals surface area contributed by atoms with Crippen molar-refractivity contribution in [2.24, 2.45) is 0 Å². The molecule has 0 aliphatic carbocycles. The Morgan fingerprint density at radius 1 is 1.14 bits per heavy atom. The number of amides is 1. The van der Waals surface area contributed by atoms with Gasteiger partial charge in [0.15, 0.2) is 5.78 Å². The van der Waals surface area contributed by atoms with Crippen LogP contribution in [0.3, 0.4) is 0 Å². The lowest BCUT2D eigenvalue weighted by atomic mass is 10.1. The van der Waals surface area contributed by atoms with E-state index in [0.29, 0.717) is 18.5 Å². The van der Waals surface area contributed by atoms with E-state index in [9.17, 15) is 9.59 Å². The Balaban J connectivity index is 2.46. The monoisotopic (exact) mass is 290 g/mol. The number of benzene rings is 1. The van der Waals surface area contributed by atoms with Crippen LogP contribution in [0.25, 0.3) is 0 Å². The van der Waals surface area contributed by atoms with Gasteiger partial charge in [0, 0.05) is 37.3 Å². The minimum Gasteiger partial charge on any atom is -0.385 e. The van der Waals surface area contributed by atoms with Gasteiger partial charge in [-0.1, -0.05) is 26.0 Å². The lowest BCUT2D eigenvalue weighted by Gasteiger charge is -2.21. The van der Waals surface area contributed by atoms with Crippen molar-refractivity contribution in [1.29, 1.82) is 0 Å². The van der Waals surface area contributed by atoms with Gasteiger partial charge in [-0.3, -0.25) is 9.59 Å². The Morgan fingerprint density at radius 2 is 1.81 bits per heavy atom. The predicted octanol–water partition coefficient (Wildman–Crippen LogP) is 3.34. The van der Waals surface area contributed by atoms with Crippen LogP contribution in [0, 0.1) is 0 Å². The Hall–Kier alpha value is -1.84. The number of Topliss-reactive ketones (excluding diaryl/α,β-unsaturated/α-hetero) is 1. The van der Waals surface area contributed by atoms with Gasteiger partial charge in [-0.25, -0.2) is 0 Å². The van der Waals surface area contributed by atoms with Crippen LogP contribution in [-0.2, 0) is 4.79 Å². The third kappa shape index (κ3) is 5.98. The molecule has 0 aromatic heterocycles. The molecule has 0 saturated heterocycles. The van der Waals surface area contributed by atoms with Gasteiger partial charge in [0.2, 0.25) is 5.91 Å². The lowest BCUT2D eigenvalue weighted by molar-refractivity contribution is -0.131. The molecule has 0 atom stereocenters. The summed E-state index contributed by atoms with van der Waals surface area (Å²) in [4.78, 5) is 25.4. The zero-order valence-corrected chi connectivity index (χ0v) is 13.3. The molecule has 4 nitrogen and oxygen atoms in total. The number of anilines is 1. The van der Waals surface area contributed by atoms with Crippen LogP contribution in [0.5, 0.6) is 0 Å². The maximum Gasteiger partial charge on any atom is 0.224 e. The smallest absolute Gasteiger partial charge is 0.224 e. The molecule has 0 spiro atoms. The number of carbonyl (C=O) groups excluding carboxylic acids is 2. The van der Waals surface area contributed by atoms with Gasteiger partial charge in [0.25, 0.3) is 0 Å². The molecule has 1 aromatic rings. The van der Waals surface area contributed by atoms with Crippen molar-refractivity contribution in [3.05, 3.63) is 29.8 Å². The highest BCUT2D eigenvalue weighted by Crippen LogP contribution is 2.11. The van der Waals surface area contributed by atoms with E-state index in [4.69, 9.17) is 0 Å². The second-order valence-electron chi connectivity index (χ2n) is 5.19. The molecule has 0 bridgehead atoms. The molecule has 21 heavy (non-hydrogen) atoms. The molecule has 1 amide bonds. The minimum absolute atomic E-state index is 0.0480. The summed E-state index contributed by atoms with van der Waals surface area (Å²) in [5.74, 6) is 0.237. The lowest BCUT2D eigenvalue weighted by Crippen LogP contribution is -2.33. The van der Waals surface area contributed by atoms with Crippen LogP contribution in [0.1, 0.15) is 50.4 Å². The number of hydrogen-bond acceptors (Lipinski definition) is 3. The quantitative estimate of drug-likeness (QED) is 0.710. The first kappa shape index (κ1) is 17.2. The molecule has 1 aromatic carbocycles. The van der Waals surface area contributed by atoms with Gasteiger partial charge in [0.05, 0.1) is 0 Å². The summed E-state index contributed by atoms with van der Waals surface area (Å²) in [5.41, 5.74) is 1.57. The van der Waals surface area contributed by atoms with Gasteiger partial charge in [0.1, 0.15) is 0 Å². The second-order valence-corrected chi connectivity index (χ2v) is 5.19. The molecular weight excluding hydrogens is 264 g/mol. The molecule has 116 valence electrons. The maximum atomic E-state index is 12.1. The first-order valence-electron chi connectivity index (χ1n) is 7.71. The van der Waals surface area contributed by atoms with Crippen molar-refractivity contribution in [3.63, 3.8) is 0 Å². The second kappa shape index (κ2) is 9.16. The standard InChI is InChI=1S/C17H26N2O2/c1-4-11-19(12-5-2)17(21)9-10-18-16-8-6-7-15(13-16)14(3)20/h6-8,13,18H,4-5,9-12H2,1-3H3. The van der Waals surface area contributed by atoms with Crippen LogP contribution >= 0.6 is 0 Å². The summed E-state index contributed by atoms with van der Waals surface area (Å²) in [5, 5.41) is 3.21. The Morgan fingerprint density at radius 3 is 2.38 bits per heavy atom. The fraction of sp³-hybridized carbons (Fsp3) is 0.529. The molecule has 0 aliphatic rings. The normalized spacial score (nSPS) is 10.2. The average molecular weight is 290 g/mol. The van der Waals surface area contributed by atoms with E-state index in [1.54, 1.807) is 13.0 Å². The van der Waals surface area contributed by atoms with Gasteiger partial charge in [-0.05, 0) is 31.9 Å². The van der Waals surface area contributed by atoms with Crippen LogP contribution in [0.15, 0.2) is 24.3 Å². The van der Waals surface area contributed by atoms with E-state index in [0.717, 1.165) is 31.6 Å². The summed E-state index contributed by atoms with van der Waals surface area (Å²) in [7, 11) is 0. The van der Waals surface area contributed by atoms with Gasteiger partial charge < -0.3 is 10.2 Å². The average Bonchev–Trinajstić information content (AvgIpc) is 2.47. The molecular formula is C17H26N2O2. The van der Waals surface area contributed by atoms with E-state index in [2.05, 4.69) is 19.2 Å². The summed E-state index contributed by atoms with van der Waals surface area (Å²) in [6.07, 6.45) is 2.45. The third-order valence-electron chi connectivity index (χ3n) is 3.28. The SMILES string of the molecule is CCCN(CCC)C(=O)CCNc1cccc(C(C)=O)c1. The highest BCUT2D eigenvalue weighted by Gasteiger charge is 2.11. The van der Waals surface area contributed by atoms with Crippen molar-refractivity contribution in [2.45, 2.75) is 40.0 Å². The van der Waals surface area contributed by atoms with Crippen molar-refractivity contribution in [3.8, 4) is 0 Å².